The summed E-state index contributed by atoms with van der Waals surface area (Å²) in [4.78, 5) is 11.9. The van der Waals surface area contributed by atoms with Crippen LogP contribution >= 0.6 is 0 Å². The van der Waals surface area contributed by atoms with E-state index in [1.54, 1.807) is 31.2 Å². The Labute approximate surface area is 124 Å². The van der Waals surface area contributed by atoms with Crippen molar-refractivity contribution in [3.05, 3.63) is 59.7 Å². The molecule has 4 nitrogen and oxygen atoms in total. The van der Waals surface area contributed by atoms with E-state index >= 15 is 0 Å². The molecule has 0 spiro atoms. The molecule has 1 atom stereocenters. The first-order chi connectivity index (χ1) is 10.0. The lowest BCUT2D eigenvalue weighted by molar-refractivity contribution is 0.0228. The van der Waals surface area contributed by atoms with Crippen LogP contribution in [-0.2, 0) is 4.74 Å². The van der Waals surface area contributed by atoms with Gasteiger partial charge in [0.05, 0.1) is 5.56 Å². The Morgan fingerprint density at radius 2 is 1.71 bits per heavy atom. The van der Waals surface area contributed by atoms with E-state index in [4.69, 9.17) is 15.2 Å². The number of aryl methyl sites for hydroxylation is 1. The van der Waals surface area contributed by atoms with Crippen LogP contribution in [0.25, 0.3) is 0 Å². The first-order valence-electron chi connectivity index (χ1n) is 6.80. The van der Waals surface area contributed by atoms with E-state index in [2.05, 4.69) is 0 Å². The van der Waals surface area contributed by atoms with Gasteiger partial charge in [-0.25, -0.2) is 4.79 Å². The van der Waals surface area contributed by atoms with Crippen molar-refractivity contribution in [2.75, 3.05) is 12.3 Å². The number of anilines is 1. The minimum Gasteiger partial charge on any atom is -0.490 e. The standard InChI is InChI=1S/C17H19NO3/c1-12-3-9-16(10-4-12)20-11-13(2)21-17(19)14-5-7-15(18)8-6-14/h3-10,13H,11,18H2,1-2H3. The van der Waals surface area contributed by atoms with Gasteiger partial charge in [0, 0.05) is 5.69 Å². The number of hydrogen-bond acceptors (Lipinski definition) is 4. The highest BCUT2D eigenvalue weighted by atomic mass is 16.6. The summed E-state index contributed by atoms with van der Waals surface area (Å²) in [7, 11) is 0. The van der Waals surface area contributed by atoms with Crippen LogP contribution in [0.1, 0.15) is 22.8 Å². The maximum absolute atomic E-state index is 11.9. The van der Waals surface area contributed by atoms with Gasteiger partial charge >= 0.3 is 5.97 Å². The molecule has 2 aromatic carbocycles. The van der Waals surface area contributed by atoms with Gasteiger partial charge in [-0.05, 0) is 50.2 Å². The van der Waals surface area contributed by atoms with Crippen molar-refractivity contribution in [3.8, 4) is 5.75 Å². The fourth-order valence-electron chi connectivity index (χ4n) is 1.75. The first-order valence-corrected chi connectivity index (χ1v) is 6.80. The normalized spacial score (nSPS) is 11.7. The molecular weight excluding hydrogens is 266 g/mol. The van der Waals surface area contributed by atoms with Crippen molar-refractivity contribution in [1.29, 1.82) is 0 Å². The second-order valence-corrected chi connectivity index (χ2v) is 4.96. The molecule has 0 heterocycles. The van der Waals surface area contributed by atoms with Gasteiger partial charge in [-0.3, -0.25) is 0 Å². The summed E-state index contributed by atoms with van der Waals surface area (Å²) in [5, 5.41) is 0. The lowest BCUT2D eigenvalue weighted by Crippen LogP contribution is -2.22. The van der Waals surface area contributed by atoms with Gasteiger partial charge in [-0.15, -0.1) is 0 Å². The third kappa shape index (κ3) is 4.53. The van der Waals surface area contributed by atoms with Crippen molar-refractivity contribution in [2.45, 2.75) is 20.0 Å². The summed E-state index contributed by atoms with van der Waals surface area (Å²) in [6.45, 7) is 4.12. The molecule has 0 fully saturated rings. The minimum absolute atomic E-state index is 0.309. The quantitative estimate of drug-likeness (QED) is 0.677. The highest BCUT2D eigenvalue weighted by Gasteiger charge is 2.12. The molecule has 21 heavy (non-hydrogen) atoms. The SMILES string of the molecule is Cc1ccc(OCC(C)OC(=O)c2ccc(N)cc2)cc1. The molecule has 110 valence electrons. The number of nitrogen functional groups attached to an aromatic ring is 1. The highest BCUT2D eigenvalue weighted by Crippen LogP contribution is 2.13. The number of benzene rings is 2. The summed E-state index contributed by atoms with van der Waals surface area (Å²) in [5.41, 5.74) is 7.84. The summed E-state index contributed by atoms with van der Waals surface area (Å²) in [6, 6.07) is 14.4. The molecule has 0 aromatic heterocycles. The topological polar surface area (TPSA) is 61.5 Å². The Bertz CT molecular complexity index is 590. The van der Waals surface area contributed by atoms with E-state index in [-0.39, 0.29) is 12.1 Å². The summed E-state index contributed by atoms with van der Waals surface area (Å²) in [6.07, 6.45) is -0.337. The molecule has 2 rings (SSSR count). The fourth-order valence-corrected chi connectivity index (χ4v) is 1.75. The molecule has 0 aliphatic heterocycles. The molecule has 0 saturated carbocycles. The predicted molar refractivity (Wildman–Crippen MR) is 82.4 cm³/mol. The van der Waals surface area contributed by atoms with Gasteiger partial charge in [0.15, 0.2) is 0 Å². The van der Waals surface area contributed by atoms with E-state index < -0.39 is 0 Å². The molecule has 0 aliphatic carbocycles. The van der Waals surface area contributed by atoms with Gasteiger partial charge < -0.3 is 15.2 Å². The van der Waals surface area contributed by atoms with Crippen LogP contribution in [0.3, 0.4) is 0 Å². The van der Waals surface area contributed by atoms with Crippen molar-refractivity contribution in [2.24, 2.45) is 0 Å². The van der Waals surface area contributed by atoms with E-state index in [0.717, 1.165) is 5.75 Å². The fraction of sp³-hybridized carbons (Fsp3) is 0.235. The van der Waals surface area contributed by atoms with Gasteiger partial charge in [-0.1, -0.05) is 17.7 Å². The summed E-state index contributed by atoms with van der Waals surface area (Å²) < 4.78 is 10.9. The van der Waals surface area contributed by atoms with Gasteiger partial charge in [0.1, 0.15) is 18.5 Å². The second kappa shape index (κ2) is 6.79. The Hall–Kier alpha value is -2.49. The molecule has 0 radical (unpaired) electrons. The maximum atomic E-state index is 11.9. The van der Waals surface area contributed by atoms with E-state index in [1.165, 1.54) is 5.56 Å². The Kier molecular flexibility index (Phi) is 4.82. The molecule has 0 saturated heterocycles. The van der Waals surface area contributed by atoms with Gasteiger partial charge in [0.2, 0.25) is 0 Å². The molecular formula is C17H19NO3. The molecule has 0 bridgehead atoms. The number of carbonyl (C=O) groups is 1. The van der Waals surface area contributed by atoms with Crippen molar-refractivity contribution >= 4 is 11.7 Å². The van der Waals surface area contributed by atoms with E-state index in [9.17, 15) is 4.79 Å². The first kappa shape index (κ1) is 14.9. The van der Waals surface area contributed by atoms with Gasteiger partial charge in [-0.2, -0.15) is 0 Å². The Balaban J connectivity index is 1.83. The number of esters is 1. The second-order valence-electron chi connectivity index (χ2n) is 4.96. The monoisotopic (exact) mass is 285 g/mol. The smallest absolute Gasteiger partial charge is 0.338 e. The van der Waals surface area contributed by atoms with Crippen LogP contribution in [-0.4, -0.2) is 18.7 Å². The lowest BCUT2D eigenvalue weighted by Gasteiger charge is -2.14. The number of nitrogens with two attached hydrogens (primary N) is 1. The van der Waals surface area contributed by atoms with Crippen LogP contribution in [0.15, 0.2) is 48.5 Å². The predicted octanol–water partition coefficient (Wildman–Crippen LogP) is 3.20. The maximum Gasteiger partial charge on any atom is 0.338 e. The molecule has 1 unspecified atom stereocenters. The van der Waals surface area contributed by atoms with Crippen LogP contribution < -0.4 is 10.5 Å². The van der Waals surface area contributed by atoms with E-state index in [0.29, 0.717) is 17.9 Å². The minimum atomic E-state index is -0.380. The average molecular weight is 285 g/mol. The number of carbonyl (C=O) groups excluding carboxylic acids is 1. The lowest BCUT2D eigenvalue weighted by atomic mass is 10.2. The highest BCUT2D eigenvalue weighted by molar-refractivity contribution is 5.89. The molecule has 0 amide bonds. The number of rotatable bonds is 5. The zero-order valence-corrected chi connectivity index (χ0v) is 12.2. The van der Waals surface area contributed by atoms with Crippen molar-refractivity contribution < 1.29 is 14.3 Å². The average Bonchev–Trinajstić information content (AvgIpc) is 2.47. The van der Waals surface area contributed by atoms with Crippen LogP contribution in [0, 0.1) is 6.92 Å². The molecule has 0 aliphatic rings. The molecule has 4 heteroatoms. The number of ether oxygens (including phenoxy) is 2. The third-order valence-corrected chi connectivity index (χ3v) is 2.96. The molecule has 2 N–H and O–H groups in total. The van der Waals surface area contributed by atoms with Gasteiger partial charge in [0.25, 0.3) is 0 Å². The van der Waals surface area contributed by atoms with Crippen LogP contribution in [0.2, 0.25) is 0 Å². The van der Waals surface area contributed by atoms with E-state index in [1.807, 2.05) is 31.2 Å². The largest absolute Gasteiger partial charge is 0.490 e. The molecule has 2 aromatic rings. The van der Waals surface area contributed by atoms with Crippen LogP contribution in [0.4, 0.5) is 5.69 Å². The zero-order valence-electron chi connectivity index (χ0n) is 12.2. The zero-order chi connectivity index (χ0) is 15.2. The summed E-state index contributed by atoms with van der Waals surface area (Å²) in [5.74, 6) is 0.381. The Morgan fingerprint density at radius 1 is 1.10 bits per heavy atom. The van der Waals surface area contributed by atoms with Crippen molar-refractivity contribution in [1.82, 2.24) is 0 Å². The van der Waals surface area contributed by atoms with Crippen molar-refractivity contribution in [3.63, 3.8) is 0 Å². The van der Waals surface area contributed by atoms with Crippen LogP contribution in [0.5, 0.6) is 5.75 Å². The summed E-state index contributed by atoms with van der Waals surface area (Å²) >= 11 is 0. The third-order valence-electron chi connectivity index (χ3n) is 2.96. The number of hydrogen-bond donors (Lipinski definition) is 1. The Morgan fingerprint density at radius 3 is 2.33 bits per heavy atom.